The van der Waals surface area contributed by atoms with Crippen LogP contribution in [0.15, 0.2) is 0 Å². The molecule has 2 rings (SSSR count). The van der Waals surface area contributed by atoms with Crippen LogP contribution in [0.4, 0.5) is 0 Å². The lowest BCUT2D eigenvalue weighted by Crippen LogP contribution is -2.44. The first-order chi connectivity index (χ1) is 8.25. The predicted molar refractivity (Wildman–Crippen MR) is 70.2 cm³/mol. The first kappa shape index (κ1) is 13.0. The molecule has 2 saturated heterocycles. The molecule has 0 radical (unpaired) electrons. The van der Waals surface area contributed by atoms with Crippen LogP contribution >= 0.6 is 0 Å². The Balaban J connectivity index is 1.76. The number of rotatable bonds is 5. The third-order valence-corrected chi connectivity index (χ3v) is 4.17. The summed E-state index contributed by atoms with van der Waals surface area (Å²) in [5, 5.41) is 0. The molecule has 0 aromatic heterocycles. The van der Waals surface area contributed by atoms with Crippen molar-refractivity contribution in [2.24, 2.45) is 0 Å². The third-order valence-electron chi connectivity index (χ3n) is 4.17. The van der Waals surface area contributed by atoms with E-state index in [0.717, 1.165) is 13.0 Å². The van der Waals surface area contributed by atoms with Crippen LogP contribution in [0.1, 0.15) is 45.4 Å². The number of hydrogen-bond acceptors (Lipinski definition) is 3. The van der Waals surface area contributed by atoms with E-state index < -0.39 is 0 Å². The van der Waals surface area contributed by atoms with Crippen molar-refractivity contribution in [1.82, 2.24) is 9.80 Å². The van der Waals surface area contributed by atoms with Gasteiger partial charge in [-0.05, 0) is 52.2 Å². The molecular weight excluding hydrogens is 212 g/mol. The second kappa shape index (κ2) is 6.50. The molecule has 1 atom stereocenters. The summed E-state index contributed by atoms with van der Waals surface area (Å²) in [7, 11) is 0. The molecule has 0 N–H and O–H groups in total. The van der Waals surface area contributed by atoms with Gasteiger partial charge in [0.1, 0.15) is 5.78 Å². The molecule has 0 aliphatic carbocycles. The fraction of sp³-hybridized carbons (Fsp3) is 0.929. The number of ketones is 1. The fourth-order valence-electron chi connectivity index (χ4n) is 3.19. The van der Waals surface area contributed by atoms with Crippen molar-refractivity contribution in [2.75, 3.05) is 32.7 Å². The van der Waals surface area contributed by atoms with Crippen molar-refractivity contribution in [3.05, 3.63) is 0 Å². The molecule has 0 saturated carbocycles. The number of hydrogen-bond donors (Lipinski definition) is 0. The summed E-state index contributed by atoms with van der Waals surface area (Å²) in [5.74, 6) is 0.350. The number of carbonyl (C=O) groups excluding carboxylic acids is 1. The highest BCUT2D eigenvalue weighted by molar-refractivity contribution is 5.76. The molecule has 98 valence electrons. The van der Waals surface area contributed by atoms with E-state index in [1.807, 2.05) is 0 Å². The molecule has 2 fully saturated rings. The topological polar surface area (TPSA) is 23.6 Å². The van der Waals surface area contributed by atoms with Gasteiger partial charge in [0.25, 0.3) is 0 Å². The van der Waals surface area contributed by atoms with E-state index in [4.69, 9.17) is 0 Å². The first-order valence-electron chi connectivity index (χ1n) is 7.21. The van der Waals surface area contributed by atoms with Crippen LogP contribution in [0.25, 0.3) is 0 Å². The van der Waals surface area contributed by atoms with Crippen LogP contribution in [-0.2, 0) is 4.79 Å². The highest BCUT2D eigenvalue weighted by Crippen LogP contribution is 2.20. The Morgan fingerprint density at radius 1 is 1.06 bits per heavy atom. The molecule has 2 aliphatic heterocycles. The molecule has 0 aromatic rings. The van der Waals surface area contributed by atoms with Crippen LogP contribution < -0.4 is 0 Å². The molecule has 1 unspecified atom stereocenters. The Labute approximate surface area is 105 Å². The van der Waals surface area contributed by atoms with Crippen molar-refractivity contribution >= 4 is 5.78 Å². The third kappa shape index (κ3) is 4.07. The smallest absolute Gasteiger partial charge is 0.131 e. The van der Waals surface area contributed by atoms with Crippen molar-refractivity contribution in [1.29, 1.82) is 0 Å². The van der Waals surface area contributed by atoms with E-state index in [0.29, 0.717) is 11.8 Å². The standard InChI is InChI=1S/C14H26N2O/c1-13(17)12-14-6-2-3-9-16(14)11-10-15-7-4-5-8-15/h14H,2-12H2,1H3. The van der Waals surface area contributed by atoms with Gasteiger partial charge in [0.15, 0.2) is 0 Å². The molecule has 0 amide bonds. The van der Waals surface area contributed by atoms with Crippen LogP contribution in [-0.4, -0.2) is 54.3 Å². The Hall–Kier alpha value is -0.410. The summed E-state index contributed by atoms with van der Waals surface area (Å²) in [6.45, 7) is 7.86. The number of nitrogens with zero attached hydrogens (tertiary/aromatic N) is 2. The summed E-state index contributed by atoms with van der Waals surface area (Å²) >= 11 is 0. The molecule has 2 aliphatic rings. The summed E-state index contributed by atoms with van der Waals surface area (Å²) in [6, 6.07) is 0.531. The maximum absolute atomic E-state index is 11.3. The Morgan fingerprint density at radius 2 is 1.76 bits per heavy atom. The largest absolute Gasteiger partial charge is 0.302 e. The maximum Gasteiger partial charge on any atom is 0.131 e. The molecule has 0 spiro atoms. The maximum atomic E-state index is 11.3. The summed E-state index contributed by atoms with van der Waals surface area (Å²) in [5.41, 5.74) is 0. The summed E-state index contributed by atoms with van der Waals surface area (Å²) in [6.07, 6.45) is 7.35. The van der Waals surface area contributed by atoms with Gasteiger partial charge in [0.05, 0.1) is 0 Å². The monoisotopic (exact) mass is 238 g/mol. The fourth-order valence-corrected chi connectivity index (χ4v) is 3.19. The molecule has 3 nitrogen and oxygen atoms in total. The molecule has 2 heterocycles. The summed E-state index contributed by atoms with van der Waals surface area (Å²) in [4.78, 5) is 16.4. The zero-order valence-corrected chi connectivity index (χ0v) is 11.2. The van der Waals surface area contributed by atoms with Gasteiger partial charge in [-0.3, -0.25) is 9.69 Å². The SMILES string of the molecule is CC(=O)CC1CCCCN1CCN1CCCC1. The number of likely N-dealkylation sites (tertiary alicyclic amines) is 2. The van der Waals surface area contributed by atoms with Gasteiger partial charge >= 0.3 is 0 Å². The van der Waals surface area contributed by atoms with Crippen LogP contribution in [0.2, 0.25) is 0 Å². The molecule has 0 aromatic carbocycles. The van der Waals surface area contributed by atoms with Gasteiger partial charge in [-0.25, -0.2) is 0 Å². The first-order valence-corrected chi connectivity index (χ1v) is 7.21. The van der Waals surface area contributed by atoms with Crippen molar-refractivity contribution in [2.45, 2.75) is 51.5 Å². The molecular formula is C14H26N2O. The van der Waals surface area contributed by atoms with Gasteiger partial charge in [-0.1, -0.05) is 6.42 Å². The zero-order chi connectivity index (χ0) is 12.1. The van der Waals surface area contributed by atoms with Gasteiger partial charge in [0, 0.05) is 25.6 Å². The van der Waals surface area contributed by atoms with E-state index in [9.17, 15) is 4.79 Å². The normalized spacial score (nSPS) is 27.5. The second-order valence-electron chi connectivity index (χ2n) is 5.64. The number of carbonyl (C=O) groups is 1. The lowest BCUT2D eigenvalue weighted by Gasteiger charge is -2.36. The lowest BCUT2D eigenvalue weighted by atomic mass is 9.98. The zero-order valence-electron chi connectivity index (χ0n) is 11.2. The van der Waals surface area contributed by atoms with E-state index in [1.165, 1.54) is 58.3 Å². The quantitative estimate of drug-likeness (QED) is 0.731. The minimum absolute atomic E-state index is 0.350. The second-order valence-corrected chi connectivity index (χ2v) is 5.64. The lowest BCUT2D eigenvalue weighted by molar-refractivity contribution is -0.118. The molecule has 17 heavy (non-hydrogen) atoms. The van der Waals surface area contributed by atoms with Crippen LogP contribution in [0, 0.1) is 0 Å². The van der Waals surface area contributed by atoms with Gasteiger partial charge in [0.2, 0.25) is 0 Å². The average molecular weight is 238 g/mol. The van der Waals surface area contributed by atoms with E-state index in [-0.39, 0.29) is 0 Å². The van der Waals surface area contributed by atoms with E-state index in [2.05, 4.69) is 9.80 Å². The minimum atomic E-state index is 0.350. The van der Waals surface area contributed by atoms with Crippen LogP contribution in [0.5, 0.6) is 0 Å². The van der Waals surface area contributed by atoms with Gasteiger partial charge in [-0.2, -0.15) is 0 Å². The van der Waals surface area contributed by atoms with E-state index in [1.54, 1.807) is 6.92 Å². The van der Waals surface area contributed by atoms with Crippen molar-refractivity contribution < 1.29 is 4.79 Å². The van der Waals surface area contributed by atoms with Gasteiger partial charge in [-0.15, -0.1) is 0 Å². The van der Waals surface area contributed by atoms with Gasteiger partial charge < -0.3 is 4.90 Å². The van der Waals surface area contributed by atoms with E-state index >= 15 is 0 Å². The Morgan fingerprint density at radius 3 is 2.47 bits per heavy atom. The predicted octanol–water partition coefficient (Wildman–Crippen LogP) is 1.92. The Kier molecular flexibility index (Phi) is 4.99. The number of piperidine rings is 1. The van der Waals surface area contributed by atoms with Crippen LogP contribution in [0.3, 0.4) is 0 Å². The van der Waals surface area contributed by atoms with Crippen molar-refractivity contribution in [3.63, 3.8) is 0 Å². The average Bonchev–Trinajstić information content (AvgIpc) is 2.80. The highest BCUT2D eigenvalue weighted by atomic mass is 16.1. The Bertz CT molecular complexity index is 249. The minimum Gasteiger partial charge on any atom is -0.302 e. The number of Topliss-reactive ketones (excluding diaryl/α,β-unsaturated/α-hetero) is 1. The molecule has 0 bridgehead atoms. The summed E-state index contributed by atoms with van der Waals surface area (Å²) < 4.78 is 0. The molecule has 3 heteroatoms. The highest BCUT2D eigenvalue weighted by Gasteiger charge is 2.24. The van der Waals surface area contributed by atoms with Crippen molar-refractivity contribution in [3.8, 4) is 0 Å².